The molecule has 100 valence electrons. The molecule has 1 aliphatic heterocycles. The zero-order valence-electron chi connectivity index (χ0n) is 10.6. The monoisotopic (exact) mass is 261 g/mol. The number of benzene rings is 1. The first kappa shape index (κ1) is 13.1. The smallest absolute Gasteiger partial charge is 0.328 e. The number of aryl methyl sites for hydroxylation is 1. The number of carboxylic acids is 1. The zero-order chi connectivity index (χ0) is 13.8. The number of carboxylic acid groups (broad SMARTS) is 1. The molecular formula is C14H15NO4. The van der Waals surface area contributed by atoms with Gasteiger partial charge in [0.05, 0.1) is 0 Å². The van der Waals surface area contributed by atoms with E-state index in [1.165, 1.54) is 0 Å². The van der Waals surface area contributed by atoms with Crippen LogP contribution in [0, 0.1) is 0 Å². The van der Waals surface area contributed by atoms with Gasteiger partial charge in [0, 0.05) is 18.2 Å². The molecule has 0 radical (unpaired) electrons. The summed E-state index contributed by atoms with van der Waals surface area (Å²) in [6, 6.07) is 5.44. The predicted octanol–water partition coefficient (Wildman–Crippen LogP) is 1.98. The Balaban J connectivity index is 2.03. The van der Waals surface area contributed by atoms with Crippen LogP contribution in [0.2, 0.25) is 0 Å². The summed E-state index contributed by atoms with van der Waals surface area (Å²) in [6.45, 7) is 1.93. The van der Waals surface area contributed by atoms with Crippen LogP contribution in [0.5, 0.6) is 5.75 Å². The van der Waals surface area contributed by atoms with Gasteiger partial charge in [-0.05, 0) is 42.7 Å². The second-order valence-electron chi connectivity index (χ2n) is 4.48. The molecule has 0 bridgehead atoms. The summed E-state index contributed by atoms with van der Waals surface area (Å²) in [4.78, 5) is 21.7. The average molecular weight is 261 g/mol. The van der Waals surface area contributed by atoms with Crippen LogP contribution < -0.4 is 10.1 Å². The molecule has 1 aromatic carbocycles. The van der Waals surface area contributed by atoms with Crippen molar-refractivity contribution in [2.24, 2.45) is 0 Å². The fraction of sp³-hybridized carbons (Fsp3) is 0.286. The summed E-state index contributed by atoms with van der Waals surface area (Å²) < 4.78 is 5.52. The Morgan fingerprint density at radius 2 is 2.26 bits per heavy atom. The second kappa shape index (κ2) is 5.56. The molecule has 1 aromatic rings. The molecule has 0 fully saturated rings. The molecule has 1 heterocycles. The standard InChI is InChI=1S/C14H15NO4/c1-9(6-14(17)18)8-19-11-3-4-12-10(7-11)2-5-13(16)15-12/h3-4,6-7H,2,5,8H2,1H3,(H,15,16)(H,17,18). The second-order valence-corrected chi connectivity index (χ2v) is 4.48. The van der Waals surface area contributed by atoms with Crippen molar-refractivity contribution in [3.8, 4) is 5.75 Å². The third-order valence-corrected chi connectivity index (χ3v) is 2.81. The van der Waals surface area contributed by atoms with Gasteiger partial charge in [0.2, 0.25) is 5.91 Å². The van der Waals surface area contributed by atoms with Crippen molar-refractivity contribution in [3.05, 3.63) is 35.4 Å². The van der Waals surface area contributed by atoms with E-state index < -0.39 is 5.97 Å². The van der Waals surface area contributed by atoms with E-state index >= 15 is 0 Å². The summed E-state index contributed by atoms with van der Waals surface area (Å²) in [6.07, 6.45) is 2.30. The summed E-state index contributed by atoms with van der Waals surface area (Å²) in [5.41, 5.74) is 2.50. The molecule has 0 aliphatic carbocycles. The molecule has 0 atom stereocenters. The number of hydrogen-bond acceptors (Lipinski definition) is 3. The first-order chi connectivity index (χ1) is 9.04. The molecule has 0 saturated heterocycles. The lowest BCUT2D eigenvalue weighted by atomic mass is 10.0. The highest BCUT2D eigenvalue weighted by Crippen LogP contribution is 2.26. The van der Waals surface area contributed by atoms with E-state index in [0.29, 0.717) is 24.2 Å². The number of carbonyl (C=O) groups excluding carboxylic acids is 1. The largest absolute Gasteiger partial charge is 0.489 e. The van der Waals surface area contributed by atoms with Crippen molar-refractivity contribution in [2.45, 2.75) is 19.8 Å². The molecule has 5 heteroatoms. The molecule has 1 amide bonds. The van der Waals surface area contributed by atoms with Crippen molar-refractivity contribution in [2.75, 3.05) is 11.9 Å². The molecule has 0 aromatic heterocycles. The Kier molecular flexibility index (Phi) is 3.85. The summed E-state index contributed by atoms with van der Waals surface area (Å²) in [5, 5.41) is 11.4. The average Bonchev–Trinajstić information content (AvgIpc) is 2.35. The number of carbonyl (C=O) groups is 2. The Morgan fingerprint density at radius 3 is 3.00 bits per heavy atom. The van der Waals surface area contributed by atoms with Gasteiger partial charge in [-0.15, -0.1) is 0 Å². The fourth-order valence-corrected chi connectivity index (χ4v) is 1.90. The number of hydrogen-bond donors (Lipinski definition) is 2. The van der Waals surface area contributed by atoms with E-state index in [4.69, 9.17) is 9.84 Å². The number of amides is 1. The highest BCUT2D eigenvalue weighted by molar-refractivity contribution is 5.94. The van der Waals surface area contributed by atoms with E-state index in [1.807, 2.05) is 6.07 Å². The molecule has 1 aliphatic rings. The van der Waals surface area contributed by atoms with Crippen molar-refractivity contribution in [3.63, 3.8) is 0 Å². The summed E-state index contributed by atoms with van der Waals surface area (Å²) in [5.74, 6) is -0.274. The lowest BCUT2D eigenvalue weighted by Gasteiger charge is -2.17. The number of aliphatic carboxylic acids is 1. The minimum atomic E-state index is -0.978. The molecule has 2 N–H and O–H groups in total. The van der Waals surface area contributed by atoms with Crippen molar-refractivity contribution >= 4 is 17.6 Å². The highest BCUT2D eigenvalue weighted by atomic mass is 16.5. The van der Waals surface area contributed by atoms with E-state index in [2.05, 4.69) is 5.32 Å². The van der Waals surface area contributed by atoms with Crippen LogP contribution in [0.4, 0.5) is 5.69 Å². The predicted molar refractivity (Wildman–Crippen MR) is 70.3 cm³/mol. The molecule has 5 nitrogen and oxygen atoms in total. The number of nitrogens with one attached hydrogen (secondary N) is 1. The van der Waals surface area contributed by atoms with Crippen LogP contribution in [0.3, 0.4) is 0 Å². The Labute approximate surface area is 110 Å². The number of anilines is 1. The lowest BCUT2D eigenvalue weighted by Crippen LogP contribution is -2.18. The normalized spacial score (nSPS) is 14.6. The van der Waals surface area contributed by atoms with Gasteiger partial charge in [0.1, 0.15) is 12.4 Å². The molecule has 19 heavy (non-hydrogen) atoms. The molecule has 0 spiro atoms. The third-order valence-electron chi connectivity index (χ3n) is 2.81. The molecule has 0 saturated carbocycles. The number of fused-ring (bicyclic) bond motifs is 1. The Hall–Kier alpha value is -2.30. The third kappa shape index (κ3) is 3.58. The van der Waals surface area contributed by atoms with Crippen LogP contribution in [0.1, 0.15) is 18.9 Å². The fourth-order valence-electron chi connectivity index (χ4n) is 1.90. The van der Waals surface area contributed by atoms with Crippen LogP contribution >= 0.6 is 0 Å². The van der Waals surface area contributed by atoms with Crippen LogP contribution in [0.25, 0.3) is 0 Å². The first-order valence-corrected chi connectivity index (χ1v) is 6.00. The van der Waals surface area contributed by atoms with Crippen molar-refractivity contribution in [1.29, 1.82) is 0 Å². The maximum atomic E-state index is 11.2. The minimum absolute atomic E-state index is 0.0291. The zero-order valence-corrected chi connectivity index (χ0v) is 10.6. The highest BCUT2D eigenvalue weighted by Gasteiger charge is 2.14. The quantitative estimate of drug-likeness (QED) is 0.813. The van der Waals surface area contributed by atoms with E-state index in [1.54, 1.807) is 19.1 Å². The summed E-state index contributed by atoms with van der Waals surface area (Å²) >= 11 is 0. The summed E-state index contributed by atoms with van der Waals surface area (Å²) in [7, 11) is 0. The van der Waals surface area contributed by atoms with Gasteiger partial charge in [-0.1, -0.05) is 0 Å². The molecular weight excluding hydrogens is 246 g/mol. The van der Waals surface area contributed by atoms with Gasteiger partial charge in [-0.3, -0.25) is 4.79 Å². The van der Waals surface area contributed by atoms with Gasteiger partial charge in [-0.25, -0.2) is 4.79 Å². The van der Waals surface area contributed by atoms with Gasteiger partial charge in [0.25, 0.3) is 0 Å². The van der Waals surface area contributed by atoms with Gasteiger partial charge in [0.15, 0.2) is 0 Å². The number of rotatable bonds is 4. The molecule has 0 unspecified atom stereocenters. The Morgan fingerprint density at radius 1 is 1.47 bits per heavy atom. The van der Waals surface area contributed by atoms with Gasteiger partial charge < -0.3 is 15.2 Å². The van der Waals surface area contributed by atoms with Crippen molar-refractivity contribution < 1.29 is 19.4 Å². The van der Waals surface area contributed by atoms with E-state index in [9.17, 15) is 9.59 Å². The maximum absolute atomic E-state index is 11.2. The maximum Gasteiger partial charge on any atom is 0.328 e. The lowest BCUT2D eigenvalue weighted by molar-refractivity contribution is -0.131. The molecule has 2 rings (SSSR count). The number of ether oxygens (including phenoxy) is 1. The van der Waals surface area contributed by atoms with Crippen molar-refractivity contribution in [1.82, 2.24) is 0 Å². The first-order valence-electron chi connectivity index (χ1n) is 6.00. The van der Waals surface area contributed by atoms with Crippen LogP contribution in [-0.4, -0.2) is 23.6 Å². The van der Waals surface area contributed by atoms with Gasteiger partial charge in [-0.2, -0.15) is 0 Å². The van der Waals surface area contributed by atoms with Crippen LogP contribution in [-0.2, 0) is 16.0 Å². The minimum Gasteiger partial charge on any atom is -0.489 e. The topological polar surface area (TPSA) is 75.6 Å². The van der Waals surface area contributed by atoms with E-state index in [-0.39, 0.29) is 12.5 Å². The van der Waals surface area contributed by atoms with Crippen LogP contribution in [0.15, 0.2) is 29.8 Å². The Bertz CT molecular complexity index is 548. The van der Waals surface area contributed by atoms with Gasteiger partial charge >= 0.3 is 5.97 Å². The van der Waals surface area contributed by atoms with E-state index in [0.717, 1.165) is 17.3 Å². The SMILES string of the molecule is CC(=CC(=O)O)COc1ccc2c(c1)CCC(=O)N2.